The van der Waals surface area contributed by atoms with Crippen molar-refractivity contribution in [1.29, 1.82) is 0 Å². The molecule has 0 saturated carbocycles. The highest BCUT2D eigenvalue weighted by atomic mass is 16.7. The summed E-state index contributed by atoms with van der Waals surface area (Å²) in [5.41, 5.74) is -0.514. The van der Waals surface area contributed by atoms with Crippen molar-refractivity contribution >= 4 is 17.7 Å². The molecule has 0 aromatic heterocycles. The lowest BCUT2D eigenvalue weighted by atomic mass is 9.82. The Morgan fingerprint density at radius 2 is 1.47 bits per heavy atom. The molecule has 0 bridgehead atoms. The van der Waals surface area contributed by atoms with Gasteiger partial charge in [-0.15, -0.1) is 0 Å². The molecule has 0 amide bonds. The van der Waals surface area contributed by atoms with Crippen LogP contribution in [0.25, 0.3) is 5.76 Å². The average Bonchev–Trinajstić information content (AvgIpc) is 3.05. The number of esters is 1. The third-order valence-corrected chi connectivity index (χ3v) is 8.23. The second-order valence-electron chi connectivity index (χ2n) is 11.5. The molecule has 4 aliphatic rings. The van der Waals surface area contributed by atoms with E-state index in [0.29, 0.717) is 0 Å². The van der Waals surface area contributed by atoms with Crippen LogP contribution in [0.4, 0.5) is 0 Å². The molecular formula is C30H34O19. The first-order valence-corrected chi connectivity index (χ1v) is 14.7. The lowest BCUT2D eigenvalue weighted by molar-refractivity contribution is -0.291. The Balaban J connectivity index is 1.52. The fraction of sp³-hybridized carbons (Fsp3) is 0.467. The first-order chi connectivity index (χ1) is 23.1. The number of carboxylic acid groups (broad SMARTS) is 1. The van der Waals surface area contributed by atoms with Gasteiger partial charge in [0.15, 0.2) is 29.1 Å². The van der Waals surface area contributed by atoms with Gasteiger partial charge in [-0.25, -0.2) is 0 Å². The van der Waals surface area contributed by atoms with E-state index in [0.717, 1.165) is 24.3 Å². The minimum absolute atomic E-state index is 0.0349. The second kappa shape index (κ2) is 14.2. The minimum atomic E-state index is -1.98. The highest BCUT2D eigenvalue weighted by Gasteiger charge is 2.51. The van der Waals surface area contributed by atoms with Crippen LogP contribution in [0, 0.1) is 0 Å². The summed E-state index contributed by atoms with van der Waals surface area (Å²) in [4.78, 5) is 22.5. The Morgan fingerprint density at radius 3 is 2.12 bits per heavy atom. The lowest BCUT2D eigenvalue weighted by Gasteiger charge is -2.44. The lowest BCUT2D eigenvalue weighted by Crippen LogP contribution is -2.60. The van der Waals surface area contributed by atoms with E-state index >= 15 is 0 Å². The largest absolute Gasteiger partial charge is 0.508 e. The number of hydrogen-bond donors (Lipinski definition) is 12. The van der Waals surface area contributed by atoms with Crippen molar-refractivity contribution in [3.05, 3.63) is 64.3 Å². The number of phenolic OH excluding ortho intramolecular Hbond substituents is 2. The van der Waals surface area contributed by atoms with Crippen LogP contribution in [0.5, 0.6) is 11.5 Å². The van der Waals surface area contributed by atoms with Crippen molar-refractivity contribution in [2.45, 2.75) is 73.8 Å². The van der Waals surface area contributed by atoms with Crippen LogP contribution in [-0.4, -0.2) is 154 Å². The summed E-state index contributed by atoms with van der Waals surface area (Å²) >= 11 is 0. The number of carboxylic acids is 1. The molecule has 3 aliphatic heterocycles. The highest BCUT2D eigenvalue weighted by molar-refractivity contribution is 5.90. The van der Waals surface area contributed by atoms with Crippen LogP contribution in [0.2, 0.25) is 0 Å². The van der Waals surface area contributed by atoms with Crippen LogP contribution < -0.4 is 0 Å². The van der Waals surface area contributed by atoms with Crippen molar-refractivity contribution in [1.82, 2.24) is 0 Å². The van der Waals surface area contributed by atoms with Crippen LogP contribution in [-0.2, 0) is 33.3 Å². The average molecular weight is 699 g/mol. The quantitative estimate of drug-likeness (QED) is 0.0696. The normalized spacial score (nSPS) is 34.7. The van der Waals surface area contributed by atoms with Gasteiger partial charge in [0.05, 0.1) is 6.61 Å². The zero-order chi connectivity index (χ0) is 35.9. The number of aliphatic carboxylic acids is 1. The van der Waals surface area contributed by atoms with Gasteiger partial charge in [0.2, 0.25) is 6.29 Å². The Hall–Kier alpha value is -4.44. The fourth-order valence-corrected chi connectivity index (χ4v) is 5.63. The zero-order valence-corrected chi connectivity index (χ0v) is 25.1. The van der Waals surface area contributed by atoms with Crippen molar-refractivity contribution in [3.8, 4) is 11.5 Å². The summed E-state index contributed by atoms with van der Waals surface area (Å²) in [6, 6.07) is 3.32. The number of benzene rings is 1. The van der Waals surface area contributed by atoms with E-state index in [2.05, 4.69) is 0 Å². The monoisotopic (exact) mass is 698 g/mol. The van der Waals surface area contributed by atoms with E-state index in [4.69, 9.17) is 28.8 Å². The Labute approximate surface area is 275 Å². The number of aliphatic hydroxyl groups is 9. The SMILES string of the molecule is O=C(O)CC(=O)OC[C@H]1O[C@@H](OC2=C(c3ccc(O)c(O)c3)OC3C(=C2)C(O)=CC(O)=C3[C@H]2O[C@@H](CO)[C@H](O)[C@@H](O)[C@@H]2O)[C@H](O)[C@@H](O)[C@@H]1O. The molecule has 1 unspecified atom stereocenters. The van der Waals surface area contributed by atoms with Gasteiger partial charge in [0.1, 0.15) is 79.5 Å². The summed E-state index contributed by atoms with van der Waals surface area (Å²) in [6.45, 7) is -1.57. The molecule has 1 aromatic rings. The molecule has 2 saturated heterocycles. The van der Waals surface area contributed by atoms with Crippen molar-refractivity contribution in [3.63, 3.8) is 0 Å². The molecule has 1 aromatic carbocycles. The smallest absolute Gasteiger partial charge is 0.317 e. The van der Waals surface area contributed by atoms with Gasteiger partial charge >= 0.3 is 11.9 Å². The molecule has 5 rings (SSSR count). The Morgan fingerprint density at radius 1 is 0.796 bits per heavy atom. The molecule has 2 fully saturated rings. The van der Waals surface area contributed by atoms with E-state index in [1.54, 1.807) is 0 Å². The highest BCUT2D eigenvalue weighted by Crippen LogP contribution is 2.44. The first kappa shape index (κ1) is 35.9. The first-order valence-electron chi connectivity index (χ1n) is 14.7. The third-order valence-electron chi connectivity index (χ3n) is 8.23. The maximum atomic E-state index is 11.7. The van der Waals surface area contributed by atoms with Gasteiger partial charge in [-0.1, -0.05) is 0 Å². The summed E-state index contributed by atoms with van der Waals surface area (Å²) in [5, 5.41) is 124. The van der Waals surface area contributed by atoms with Crippen LogP contribution in [0.3, 0.4) is 0 Å². The standard InChI is InChI=1S/C30H34O19/c31-7-16-21(39)23(41)25(43)29(46-16)20-14(35)5-12(33)10-4-15(27(49-28(10)20)9-1-2-11(32)13(34)3-9)47-30-26(44)24(42)22(40)17(48-30)8-45-19(38)6-18(36)37/h1-5,16-17,21-26,28-35,39-44H,6-8H2,(H,36,37)/t16-,17+,21-,22+,23+,24-,25-,26+,28?,29+,30+/m0/s1. The molecule has 0 radical (unpaired) electrons. The Kier molecular flexibility index (Phi) is 10.4. The van der Waals surface area contributed by atoms with Gasteiger partial charge < -0.3 is 85.0 Å². The van der Waals surface area contributed by atoms with Gasteiger partial charge in [0.25, 0.3) is 0 Å². The van der Waals surface area contributed by atoms with Gasteiger partial charge in [0, 0.05) is 22.8 Å². The Bertz CT molecular complexity index is 1580. The minimum Gasteiger partial charge on any atom is -0.508 e. The maximum Gasteiger partial charge on any atom is 0.317 e. The van der Waals surface area contributed by atoms with Gasteiger partial charge in [-0.3, -0.25) is 9.59 Å². The molecule has 3 heterocycles. The molecule has 1 aliphatic carbocycles. The van der Waals surface area contributed by atoms with Crippen LogP contribution >= 0.6 is 0 Å². The summed E-state index contributed by atoms with van der Waals surface area (Å²) in [5.74, 6) is -5.90. The molecule has 268 valence electrons. The molecule has 49 heavy (non-hydrogen) atoms. The predicted molar refractivity (Wildman–Crippen MR) is 155 cm³/mol. The topological polar surface area (TPSA) is 323 Å². The number of hydrogen-bond acceptors (Lipinski definition) is 18. The van der Waals surface area contributed by atoms with E-state index < -0.39 is 122 Å². The van der Waals surface area contributed by atoms with Crippen LogP contribution in [0.1, 0.15) is 12.0 Å². The summed E-state index contributed by atoms with van der Waals surface area (Å²) in [6.07, 6.45) is -18.4. The predicted octanol–water partition coefficient (Wildman–Crippen LogP) is -2.96. The third kappa shape index (κ3) is 7.02. The van der Waals surface area contributed by atoms with E-state index in [9.17, 15) is 65.8 Å². The van der Waals surface area contributed by atoms with E-state index in [-0.39, 0.29) is 28.2 Å². The number of rotatable bonds is 9. The number of aliphatic hydroxyl groups excluding tert-OH is 9. The number of carbonyl (C=O) groups excluding carboxylic acids is 1. The van der Waals surface area contributed by atoms with Crippen LogP contribution in [0.15, 0.2) is 58.8 Å². The number of allylic oxidation sites excluding steroid dienone is 2. The summed E-state index contributed by atoms with van der Waals surface area (Å²) in [7, 11) is 0. The molecular weight excluding hydrogens is 664 g/mol. The zero-order valence-electron chi connectivity index (χ0n) is 25.1. The van der Waals surface area contributed by atoms with Crippen molar-refractivity contribution < 1.29 is 94.6 Å². The fourth-order valence-electron chi connectivity index (χ4n) is 5.63. The van der Waals surface area contributed by atoms with Crippen molar-refractivity contribution in [2.75, 3.05) is 13.2 Å². The van der Waals surface area contributed by atoms with E-state index in [1.807, 2.05) is 0 Å². The number of phenols is 2. The number of carbonyl (C=O) groups is 2. The molecule has 19 heteroatoms. The van der Waals surface area contributed by atoms with Gasteiger partial charge in [-0.05, 0) is 24.3 Å². The van der Waals surface area contributed by atoms with E-state index in [1.165, 1.54) is 6.07 Å². The maximum absolute atomic E-state index is 11.7. The summed E-state index contributed by atoms with van der Waals surface area (Å²) < 4.78 is 28.0. The number of fused-ring (bicyclic) bond motifs is 1. The van der Waals surface area contributed by atoms with Gasteiger partial charge in [-0.2, -0.15) is 0 Å². The molecule has 12 N–H and O–H groups in total. The molecule has 0 spiro atoms. The molecule has 19 nitrogen and oxygen atoms in total. The molecule has 11 atom stereocenters. The number of aromatic hydroxyl groups is 2. The second-order valence-corrected chi connectivity index (χ2v) is 11.5. The number of ether oxygens (including phenoxy) is 5. The van der Waals surface area contributed by atoms with Crippen molar-refractivity contribution in [2.24, 2.45) is 0 Å².